The standard InChI is InChI=1S/C14H16O/c1-9-6-10(2)13(11(3)7-9)8-12-4-5-14(12)15/h6-8H,4-5H2,1-3H3/b12-8-. The molecule has 0 saturated heterocycles. The fourth-order valence-electron chi connectivity index (χ4n) is 2.12. The number of rotatable bonds is 1. The van der Waals surface area contributed by atoms with Gasteiger partial charge >= 0.3 is 0 Å². The number of hydrogen-bond acceptors (Lipinski definition) is 1. The zero-order valence-corrected chi connectivity index (χ0v) is 9.55. The molecule has 2 rings (SSSR count). The Morgan fingerprint density at radius 2 is 1.67 bits per heavy atom. The lowest BCUT2D eigenvalue weighted by Gasteiger charge is -2.16. The van der Waals surface area contributed by atoms with E-state index >= 15 is 0 Å². The van der Waals surface area contributed by atoms with Crippen LogP contribution in [0.5, 0.6) is 0 Å². The van der Waals surface area contributed by atoms with E-state index in [0.29, 0.717) is 5.78 Å². The van der Waals surface area contributed by atoms with Crippen molar-refractivity contribution in [1.29, 1.82) is 0 Å². The van der Waals surface area contributed by atoms with Crippen LogP contribution < -0.4 is 0 Å². The van der Waals surface area contributed by atoms with E-state index in [1.165, 1.54) is 22.3 Å². The summed E-state index contributed by atoms with van der Waals surface area (Å²) in [4.78, 5) is 11.3. The summed E-state index contributed by atoms with van der Waals surface area (Å²) in [5, 5.41) is 0. The Hall–Kier alpha value is -1.37. The average molecular weight is 200 g/mol. The van der Waals surface area contributed by atoms with Crippen LogP contribution >= 0.6 is 0 Å². The summed E-state index contributed by atoms with van der Waals surface area (Å²) in [7, 11) is 0. The molecule has 0 aromatic heterocycles. The predicted molar refractivity (Wildman–Crippen MR) is 62.9 cm³/mol. The highest BCUT2D eigenvalue weighted by molar-refractivity contribution is 6.05. The number of Topliss-reactive ketones (excluding diaryl/α,β-unsaturated/α-hetero) is 1. The lowest BCUT2D eigenvalue weighted by molar-refractivity contribution is -0.118. The quantitative estimate of drug-likeness (QED) is 0.635. The summed E-state index contributed by atoms with van der Waals surface area (Å²) in [6.45, 7) is 6.32. The molecule has 0 unspecified atom stereocenters. The van der Waals surface area contributed by atoms with Gasteiger partial charge in [0.25, 0.3) is 0 Å². The highest BCUT2D eigenvalue weighted by Crippen LogP contribution is 2.27. The third-order valence-electron chi connectivity index (χ3n) is 3.04. The van der Waals surface area contributed by atoms with Crippen molar-refractivity contribution in [2.75, 3.05) is 0 Å². The molecule has 1 aliphatic carbocycles. The summed E-state index contributed by atoms with van der Waals surface area (Å²) in [6.07, 6.45) is 3.75. The Balaban J connectivity index is 2.44. The summed E-state index contributed by atoms with van der Waals surface area (Å²) in [6, 6.07) is 4.34. The molecule has 0 heterocycles. The number of benzene rings is 1. The van der Waals surface area contributed by atoms with Gasteiger partial charge in [-0.2, -0.15) is 0 Å². The van der Waals surface area contributed by atoms with E-state index in [0.717, 1.165) is 18.4 Å². The van der Waals surface area contributed by atoms with Crippen LogP contribution in [0.15, 0.2) is 17.7 Å². The van der Waals surface area contributed by atoms with Crippen molar-refractivity contribution in [3.05, 3.63) is 40.0 Å². The topological polar surface area (TPSA) is 17.1 Å². The molecule has 1 aliphatic rings. The van der Waals surface area contributed by atoms with Gasteiger partial charge in [-0.15, -0.1) is 0 Å². The monoisotopic (exact) mass is 200 g/mol. The Morgan fingerprint density at radius 1 is 1.07 bits per heavy atom. The maximum absolute atomic E-state index is 11.3. The van der Waals surface area contributed by atoms with E-state index in [2.05, 4.69) is 39.0 Å². The molecule has 1 saturated carbocycles. The van der Waals surface area contributed by atoms with Crippen LogP contribution in [0.1, 0.15) is 35.1 Å². The van der Waals surface area contributed by atoms with Crippen molar-refractivity contribution in [3.8, 4) is 0 Å². The molecule has 0 aliphatic heterocycles. The van der Waals surface area contributed by atoms with Crippen LogP contribution in [0.25, 0.3) is 6.08 Å². The first-order valence-corrected chi connectivity index (χ1v) is 5.39. The van der Waals surface area contributed by atoms with Crippen LogP contribution in [0, 0.1) is 20.8 Å². The second-order valence-electron chi connectivity index (χ2n) is 4.41. The van der Waals surface area contributed by atoms with Crippen LogP contribution in [0.3, 0.4) is 0 Å². The lowest BCUT2D eigenvalue weighted by atomic mass is 9.87. The third-order valence-corrected chi connectivity index (χ3v) is 3.04. The molecule has 1 aromatic rings. The fourth-order valence-corrected chi connectivity index (χ4v) is 2.12. The first-order valence-electron chi connectivity index (χ1n) is 5.39. The first-order chi connectivity index (χ1) is 7.08. The minimum atomic E-state index is 0.314. The molecule has 15 heavy (non-hydrogen) atoms. The van der Waals surface area contributed by atoms with Gasteiger partial charge in [-0.1, -0.05) is 17.7 Å². The molecule has 0 spiro atoms. The second-order valence-corrected chi connectivity index (χ2v) is 4.41. The van der Waals surface area contributed by atoms with Gasteiger partial charge < -0.3 is 0 Å². The molecule has 0 amide bonds. The minimum Gasteiger partial charge on any atom is -0.295 e. The van der Waals surface area contributed by atoms with Crippen molar-refractivity contribution < 1.29 is 4.79 Å². The van der Waals surface area contributed by atoms with E-state index < -0.39 is 0 Å². The Kier molecular flexibility index (Phi) is 2.47. The van der Waals surface area contributed by atoms with E-state index in [1.54, 1.807) is 0 Å². The highest BCUT2D eigenvalue weighted by Gasteiger charge is 2.20. The fraction of sp³-hybridized carbons (Fsp3) is 0.357. The highest BCUT2D eigenvalue weighted by atomic mass is 16.1. The summed E-state index contributed by atoms with van der Waals surface area (Å²) in [5.41, 5.74) is 6.03. The van der Waals surface area contributed by atoms with Crippen LogP contribution in [-0.4, -0.2) is 5.78 Å². The predicted octanol–water partition coefficient (Wildman–Crippen LogP) is 3.36. The molecular formula is C14H16O. The lowest BCUT2D eigenvalue weighted by Crippen LogP contribution is -2.13. The number of hydrogen-bond donors (Lipinski definition) is 0. The van der Waals surface area contributed by atoms with Gasteiger partial charge in [-0.3, -0.25) is 4.79 Å². The summed E-state index contributed by atoms with van der Waals surface area (Å²) in [5.74, 6) is 0.314. The maximum atomic E-state index is 11.3. The van der Waals surface area contributed by atoms with Gasteiger partial charge in [-0.05, 0) is 55.5 Å². The smallest absolute Gasteiger partial charge is 0.159 e. The van der Waals surface area contributed by atoms with Gasteiger partial charge in [0.1, 0.15) is 0 Å². The molecule has 1 fully saturated rings. The zero-order chi connectivity index (χ0) is 11.0. The van der Waals surface area contributed by atoms with E-state index in [-0.39, 0.29) is 0 Å². The second kappa shape index (κ2) is 3.65. The van der Waals surface area contributed by atoms with Gasteiger partial charge in [0.05, 0.1) is 0 Å². The van der Waals surface area contributed by atoms with Crippen molar-refractivity contribution in [3.63, 3.8) is 0 Å². The van der Waals surface area contributed by atoms with Crippen molar-refractivity contribution in [2.45, 2.75) is 33.6 Å². The Morgan fingerprint density at radius 3 is 2.07 bits per heavy atom. The van der Waals surface area contributed by atoms with Gasteiger partial charge in [0.15, 0.2) is 5.78 Å². The SMILES string of the molecule is Cc1cc(C)c(/C=C2/CCC2=O)c(C)c1. The molecule has 0 bridgehead atoms. The number of carbonyl (C=O) groups excluding carboxylic acids is 1. The largest absolute Gasteiger partial charge is 0.295 e. The van der Waals surface area contributed by atoms with Crippen molar-refractivity contribution in [2.24, 2.45) is 0 Å². The molecular weight excluding hydrogens is 184 g/mol. The summed E-state index contributed by atoms with van der Waals surface area (Å²) >= 11 is 0. The number of carbonyl (C=O) groups is 1. The third kappa shape index (κ3) is 1.87. The molecule has 1 heteroatoms. The number of aryl methyl sites for hydroxylation is 3. The number of allylic oxidation sites excluding steroid dienone is 1. The normalized spacial score (nSPS) is 18.1. The van der Waals surface area contributed by atoms with E-state index in [4.69, 9.17) is 0 Å². The Labute approximate surface area is 90.8 Å². The zero-order valence-electron chi connectivity index (χ0n) is 9.55. The molecule has 1 nitrogen and oxygen atoms in total. The molecule has 0 atom stereocenters. The molecule has 0 radical (unpaired) electrons. The van der Waals surface area contributed by atoms with Crippen molar-refractivity contribution in [1.82, 2.24) is 0 Å². The van der Waals surface area contributed by atoms with Gasteiger partial charge in [0.2, 0.25) is 0 Å². The molecule has 1 aromatic carbocycles. The maximum Gasteiger partial charge on any atom is 0.159 e. The summed E-state index contributed by atoms with van der Waals surface area (Å²) < 4.78 is 0. The Bertz CT molecular complexity index is 429. The minimum absolute atomic E-state index is 0.314. The molecule has 78 valence electrons. The van der Waals surface area contributed by atoms with Crippen molar-refractivity contribution >= 4 is 11.9 Å². The first kappa shape index (κ1) is 10.2. The van der Waals surface area contributed by atoms with Crippen LogP contribution in [-0.2, 0) is 4.79 Å². The molecule has 0 N–H and O–H groups in total. The van der Waals surface area contributed by atoms with Gasteiger partial charge in [-0.25, -0.2) is 0 Å². The number of ketones is 1. The van der Waals surface area contributed by atoms with E-state index in [9.17, 15) is 4.79 Å². The average Bonchev–Trinajstić information content (AvgIpc) is 2.14. The van der Waals surface area contributed by atoms with Gasteiger partial charge in [0, 0.05) is 6.42 Å². The van der Waals surface area contributed by atoms with Crippen LogP contribution in [0.2, 0.25) is 0 Å². The van der Waals surface area contributed by atoms with Crippen LogP contribution in [0.4, 0.5) is 0 Å². The van der Waals surface area contributed by atoms with E-state index in [1.807, 2.05) is 0 Å².